The van der Waals surface area contributed by atoms with Crippen LogP contribution in [0, 0.1) is 0 Å². The Morgan fingerprint density at radius 3 is 2.40 bits per heavy atom. The summed E-state index contributed by atoms with van der Waals surface area (Å²) in [5, 5.41) is 8.76. The molecule has 5 nitrogen and oxygen atoms in total. The van der Waals surface area contributed by atoms with Crippen LogP contribution in [0.3, 0.4) is 0 Å². The highest BCUT2D eigenvalue weighted by atomic mass is 32.2. The summed E-state index contributed by atoms with van der Waals surface area (Å²) in [5.74, 6) is 0.0133. The minimum Gasteiger partial charge on any atom is -0.478 e. The Balaban J connectivity index is 2.49. The highest BCUT2D eigenvalue weighted by Gasteiger charge is 2.13. The van der Waals surface area contributed by atoms with Crippen LogP contribution >= 0.6 is 11.8 Å². The molecule has 0 aromatic heterocycles. The lowest BCUT2D eigenvalue weighted by Gasteiger charge is -2.07. The summed E-state index contributed by atoms with van der Waals surface area (Å²) in [4.78, 5) is 10.8. The number of aromatic carboxylic acids is 1. The zero-order valence-corrected chi connectivity index (χ0v) is 13.0. The van der Waals surface area contributed by atoms with Gasteiger partial charge in [0, 0.05) is 6.54 Å². The van der Waals surface area contributed by atoms with E-state index in [0.717, 1.165) is 25.0 Å². The van der Waals surface area contributed by atoms with Crippen molar-refractivity contribution in [2.75, 3.05) is 18.6 Å². The highest BCUT2D eigenvalue weighted by Crippen LogP contribution is 2.11. The molecule has 1 aromatic carbocycles. The Labute approximate surface area is 123 Å². The lowest BCUT2D eigenvalue weighted by Crippen LogP contribution is -2.24. The molecule has 0 radical (unpaired) electrons. The van der Waals surface area contributed by atoms with E-state index in [9.17, 15) is 13.2 Å². The van der Waals surface area contributed by atoms with E-state index in [4.69, 9.17) is 5.11 Å². The zero-order chi connectivity index (χ0) is 15.0. The maximum atomic E-state index is 11.9. The van der Waals surface area contributed by atoms with Gasteiger partial charge in [-0.05, 0) is 49.1 Å². The van der Waals surface area contributed by atoms with E-state index in [1.54, 1.807) is 11.8 Å². The third kappa shape index (κ3) is 5.52. The van der Waals surface area contributed by atoms with Crippen molar-refractivity contribution in [2.24, 2.45) is 0 Å². The first-order valence-corrected chi connectivity index (χ1v) is 9.17. The molecule has 0 saturated heterocycles. The normalized spacial score (nSPS) is 11.4. The number of sulfonamides is 1. The van der Waals surface area contributed by atoms with Crippen molar-refractivity contribution in [3.63, 3.8) is 0 Å². The number of hydrogen-bond donors (Lipinski definition) is 2. The van der Waals surface area contributed by atoms with Gasteiger partial charge in [-0.25, -0.2) is 17.9 Å². The maximum Gasteiger partial charge on any atom is 0.335 e. The fourth-order valence-electron chi connectivity index (χ4n) is 1.61. The van der Waals surface area contributed by atoms with Crippen molar-refractivity contribution < 1.29 is 18.3 Å². The monoisotopic (exact) mass is 317 g/mol. The third-order valence-electron chi connectivity index (χ3n) is 2.73. The van der Waals surface area contributed by atoms with Gasteiger partial charge in [0.1, 0.15) is 0 Å². The topological polar surface area (TPSA) is 83.5 Å². The number of nitrogens with one attached hydrogen (secondary N) is 1. The van der Waals surface area contributed by atoms with Crippen LogP contribution in [0.1, 0.15) is 29.6 Å². The summed E-state index contributed by atoms with van der Waals surface area (Å²) in [5.41, 5.74) is 0.0704. The van der Waals surface area contributed by atoms with Crippen molar-refractivity contribution in [1.82, 2.24) is 4.72 Å². The molecule has 2 N–H and O–H groups in total. The van der Waals surface area contributed by atoms with E-state index in [1.165, 1.54) is 24.3 Å². The van der Waals surface area contributed by atoms with Crippen LogP contribution < -0.4 is 4.72 Å². The van der Waals surface area contributed by atoms with Crippen LogP contribution in [0.25, 0.3) is 0 Å². The predicted octanol–water partition coefficient (Wildman–Crippen LogP) is 2.20. The van der Waals surface area contributed by atoms with Gasteiger partial charge in [-0.2, -0.15) is 11.8 Å². The number of carboxylic acids is 1. The van der Waals surface area contributed by atoms with Gasteiger partial charge in [0.15, 0.2) is 0 Å². The second-order valence-corrected chi connectivity index (χ2v) is 7.03. The average Bonchev–Trinajstić information content (AvgIpc) is 2.43. The SMILES string of the molecule is CSCCCCCNS(=O)(=O)c1ccc(C(=O)O)cc1. The van der Waals surface area contributed by atoms with E-state index >= 15 is 0 Å². The van der Waals surface area contributed by atoms with E-state index in [-0.39, 0.29) is 10.5 Å². The average molecular weight is 317 g/mol. The molecule has 0 aliphatic carbocycles. The maximum absolute atomic E-state index is 11.9. The third-order valence-corrected chi connectivity index (χ3v) is 4.90. The van der Waals surface area contributed by atoms with Gasteiger partial charge < -0.3 is 5.11 Å². The lowest BCUT2D eigenvalue weighted by molar-refractivity contribution is 0.0696. The van der Waals surface area contributed by atoms with Gasteiger partial charge in [-0.3, -0.25) is 0 Å². The van der Waals surface area contributed by atoms with E-state index < -0.39 is 16.0 Å². The first-order chi connectivity index (χ1) is 9.47. The highest BCUT2D eigenvalue weighted by molar-refractivity contribution is 7.98. The summed E-state index contributed by atoms with van der Waals surface area (Å²) in [6.07, 6.45) is 4.91. The summed E-state index contributed by atoms with van der Waals surface area (Å²) >= 11 is 1.78. The number of benzene rings is 1. The predicted molar refractivity (Wildman–Crippen MR) is 80.8 cm³/mol. The number of carbonyl (C=O) groups is 1. The van der Waals surface area contributed by atoms with Gasteiger partial charge in [0.05, 0.1) is 10.5 Å². The Bertz CT molecular complexity index is 526. The molecule has 0 heterocycles. The number of thioether (sulfide) groups is 1. The summed E-state index contributed by atoms with van der Waals surface area (Å²) in [6, 6.07) is 5.18. The summed E-state index contributed by atoms with van der Waals surface area (Å²) < 4.78 is 26.4. The molecule has 0 atom stereocenters. The van der Waals surface area contributed by atoms with Gasteiger partial charge in [-0.1, -0.05) is 6.42 Å². The molecule has 1 rings (SSSR count). The van der Waals surface area contributed by atoms with Crippen molar-refractivity contribution in [3.8, 4) is 0 Å². The molecule has 0 bridgehead atoms. The second-order valence-electron chi connectivity index (χ2n) is 4.28. The molecule has 0 spiro atoms. The van der Waals surface area contributed by atoms with Crippen LogP contribution in [0.5, 0.6) is 0 Å². The Morgan fingerprint density at radius 2 is 1.85 bits per heavy atom. The summed E-state index contributed by atoms with van der Waals surface area (Å²) in [7, 11) is -3.54. The van der Waals surface area contributed by atoms with Crippen LogP contribution in [-0.4, -0.2) is 38.0 Å². The van der Waals surface area contributed by atoms with Gasteiger partial charge in [-0.15, -0.1) is 0 Å². The molecule has 20 heavy (non-hydrogen) atoms. The van der Waals surface area contributed by atoms with Crippen molar-refractivity contribution >= 4 is 27.8 Å². The smallest absolute Gasteiger partial charge is 0.335 e. The largest absolute Gasteiger partial charge is 0.478 e. The molecule has 0 aliphatic rings. The molecule has 7 heteroatoms. The van der Waals surface area contributed by atoms with Crippen LogP contribution in [0.4, 0.5) is 0 Å². The van der Waals surface area contributed by atoms with Crippen molar-refractivity contribution in [1.29, 1.82) is 0 Å². The number of hydrogen-bond acceptors (Lipinski definition) is 4. The minimum atomic E-state index is -3.54. The number of carboxylic acid groups (broad SMARTS) is 1. The Morgan fingerprint density at radius 1 is 1.20 bits per heavy atom. The van der Waals surface area contributed by atoms with Crippen molar-refractivity contribution in [3.05, 3.63) is 29.8 Å². The van der Waals surface area contributed by atoms with Crippen LogP contribution in [0.2, 0.25) is 0 Å². The number of unbranched alkanes of at least 4 members (excludes halogenated alkanes) is 2. The molecule has 0 amide bonds. The standard InChI is InChI=1S/C13H19NO4S2/c1-19-10-4-2-3-9-14-20(17,18)12-7-5-11(6-8-12)13(15)16/h5-8,14H,2-4,9-10H2,1H3,(H,15,16). The van der Waals surface area contributed by atoms with Crippen LogP contribution in [-0.2, 0) is 10.0 Å². The van der Waals surface area contributed by atoms with Gasteiger partial charge in [0.25, 0.3) is 0 Å². The van der Waals surface area contributed by atoms with Crippen molar-refractivity contribution in [2.45, 2.75) is 24.2 Å². The van der Waals surface area contributed by atoms with Gasteiger partial charge >= 0.3 is 5.97 Å². The molecule has 1 aromatic rings. The first kappa shape index (κ1) is 17.0. The Hall–Kier alpha value is -1.05. The molecular weight excluding hydrogens is 298 g/mol. The van der Waals surface area contributed by atoms with E-state index in [1.807, 2.05) is 6.26 Å². The molecular formula is C13H19NO4S2. The lowest BCUT2D eigenvalue weighted by atomic mass is 10.2. The van der Waals surface area contributed by atoms with Gasteiger partial charge in [0.2, 0.25) is 10.0 Å². The zero-order valence-electron chi connectivity index (χ0n) is 11.3. The Kier molecular flexibility index (Phi) is 7.04. The molecule has 0 fully saturated rings. The minimum absolute atomic E-state index is 0.0704. The first-order valence-electron chi connectivity index (χ1n) is 6.29. The molecule has 0 saturated carbocycles. The second kappa shape index (κ2) is 8.28. The fraction of sp³-hybridized carbons (Fsp3) is 0.462. The summed E-state index contributed by atoms with van der Waals surface area (Å²) in [6.45, 7) is 0.400. The quantitative estimate of drug-likeness (QED) is 0.682. The molecule has 112 valence electrons. The fourth-order valence-corrected chi connectivity index (χ4v) is 3.18. The number of rotatable bonds is 9. The molecule has 0 aliphatic heterocycles. The van der Waals surface area contributed by atoms with E-state index in [0.29, 0.717) is 6.54 Å². The van der Waals surface area contributed by atoms with Crippen LogP contribution in [0.15, 0.2) is 29.2 Å². The molecule has 0 unspecified atom stereocenters. The van der Waals surface area contributed by atoms with E-state index in [2.05, 4.69) is 4.72 Å².